The molecule has 4 aromatic rings. The van der Waals surface area contributed by atoms with Crippen LogP contribution in [0.1, 0.15) is 104 Å². The summed E-state index contributed by atoms with van der Waals surface area (Å²) < 4.78 is 17.9. The Balaban J connectivity index is 1.15. The van der Waals surface area contributed by atoms with E-state index in [0.717, 1.165) is 76.5 Å². The number of para-hydroxylation sites is 1. The number of rotatable bonds is 7. The van der Waals surface area contributed by atoms with Crippen LogP contribution in [0, 0.1) is 46.8 Å². The number of hydrogen-bond acceptors (Lipinski definition) is 9. The number of carbonyl (C=O) groups excluding carboxylic acids is 2. The van der Waals surface area contributed by atoms with Gasteiger partial charge in [0.05, 0.1) is 25.5 Å². The molecule has 0 saturated heterocycles. The molecule has 1 spiro atoms. The average molecular weight is 852 g/mol. The number of fused-ring (bicyclic) bond motifs is 9. The van der Waals surface area contributed by atoms with Crippen molar-refractivity contribution >= 4 is 28.2 Å². The number of esters is 1. The van der Waals surface area contributed by atoms with E-state index < -0.39 is 11.5 Å². The van der Waals surface area contributed by atoms with E-state index in [0.29, 0.717) is 50.2 Å². The van der Waals surface area contributed by atoms with Crippen molar-refractivity contribution < 1.29 is 44.2 Å². The van der Waals surface area contributed by atoms with Gasteiger partial charge >= 0.3 is 5.97 Å². The highest BCUT2D eigenvalue weighted by molar-refractivity contribution is 5.96. The number of benzene rings is 3. The SMILES string of the molecule is COc1cc2c(cc1O)C1=C3C=CC4CC3C(C2CC(=O)CC(CCc2ccc(O)c(OCCO)c2)OC(=O)C2(C#CCc3c1[nH]c1ccccc31)CCCC2)C1CCC(O)CC41. The molecule has 0 amide bonds. The van der Waals surface area contributed by atoms with E-state index in [2.05, 4.69) is 41.1 Å². The summed E-state index contributed by atoms with van der Waals surface area (Å²) >= 11 is 0. The van der Waals surface area contributed by atoms with E-state index in [-0.39, 0.29) is 90.7 Å². The minimum absolute atomic E-state index is 0.00992. The molecule has 63 heavy (non-hydrogen) atoms. The van der Waals surface area contributed by atoms with Crippen molar-refractivity contribution in [2.75, 3.05) is 20.3 Å². The number of aliphatic hydroxyl groups excluding tert-OH is 2. The number of methoxy groups -OCH3 is 1. The minimum Gasteiger partial charge on any atom is -0.504 e. The normalized spacial score (nSPS) is 28.4. The van der Waals surface area contributed by atoms with Gasteiger partial charge in [-0.05, 0) is 145 Å². The molecule has 3 fully saturated rings. The number of phenolic OH excluding ortho intramolecular Hbond substituents is 2. The second-order valence-electron chi connectivity index (χ2n) is 19.0. The number of aliphatic hydroxyl groups is 2. The van der Waals surface area contributed by atoms with Crippen molar-refractivity contribution in [3.8, 4) is 34.8 Å². The highest BCUT2D eigenvalue weighted by Crippen LogP contribution is 2.62. The Bertz CT molecular complexity index is 2570. The number of aromatic amines is 1. The number of hydrogen-bond donors (Lipinski definition) is 5. The molecule has 8 unspecified atom stereocenters. The third-order valence-electron chi connectivity index (χ3n) is 15.5. The number of H-pyrrole nitrogens is 1. The Morgan fingerprint density at radius 2 is 1.78 bits per heavy atom. The van der Waals surface area contributed by atoms with E-state index in [1.54, 1.807) is 25.3 Å². The summed E-state index contributed by atoms with van der Waals surface area (Å²) in [5.41, 5.74) is 6.84. The largest absolute Gasteiger partial charge is 0.504 e. The zero-order chi connectivity index (χ0) is 43.4. The summed E-state index contributed by atoms with van der Waals surface area (Å²) in [5, 5.41) is 43.5. The number of phenols is 2. The van der Waals surface area contributed by atoms with Crippen LogP contribution in [-0.2, 0) is 27.2 Å². The molecule has 10 heteroatoms. The smallest absolute Gasteiger partial charge is 0.324 e. The number of carbonyl (C=O) groups is 2. The van der Waals surface area contributed by atoms with Gasteiger partial charge in [0.15, 0.2) is 23.0 Å². The molecule has 1 aliphatic heterocycles. The van der Waals surface area contributed by atoms with Crippen LogP contribution >= 0.6 is 0 Å². The minimum atomic E-state index is -0.988. The molecule has 8 atom stereocenters. The van der Waals surface area contributed by atoms with Crippen molar-refractivity contribution in [2.24, 2.45) is 35.0 Å². The third kappa shape index (κ3) is 7.51. The Hall–Kier alpha value is -5.50. The molecule has 5 N–H and O–H groups in total. The summed E-state index contributed by atoms with van der Waals surface area (Å²) in [5.74, 6) is 7.96. The van der Waals surface area contributed by atoms with E-state index in [1.807, 2.05) is 24.3 Å². The van der Waals surface area contributed by atoms with Crippen molar-refractivity contribution in [2.45, 2.75) is 102 Å². The number of ether oxygens (including phenoxy) is 3. The molecule has 4 bridgehead atoms. The summed E-state index contributed by atoms with van der Waals surface area (Å²) in [6.45, 7) is -0.163. The zero-order valence-corrected chi connectivity index (χ0v) is 35.9. The lowest BCUT2D eigenvalue weighted by Gasteiger charge is -2.54. The second-order valence-corrected chi connectivity index (χ2v) is 19.0. The molecule has 2 heterocycles. The molecular formula is C53H57NO9. The molecule has 6 aliphatic rings. The van der Waals surface area contributed by atoms with E-state index in [4.69, 9.17) is 14.2 Å². The number of aromatic nitrogens is 1. The number of aryl methyl sites for hydroxylation is 1. The molecular weight excluding hydrogens is 795 g/mol. The van der Waals surface area contributed by atoms with Crippen LogP contribution in [0.2, 0.25) is 0 Å². The molecule has 10 rings (SSSR count). The van der Waals surface area contributed by atoms with Crippen molar-refractivity contribution in [3.05, 3.63) is 100 Å². The molecule has 3 saturated carbocycles. The number of Topliss-reactive ketones (excluding diaryl/α,β-unsaturated/α-hetero) is 1. The van der Waals surface area contributed by atoms with Crippen molar-refractivity contribution in [1.82, 2.24) is 4.98 Å². The van der Waals surface area contributed by atoms with Gasteiger partial charge in [-0.3, -0.25) is 9.59 Å². The maximum atomic E-state index is 15.1. The first-order valence-electron chi connectivity index (χ1n) is 23.0. The standard InChI is InChI=1S/C53H57NO9/c1-61-47-29-40-42-27-33(57)25-34(14-10-30-11-17-45(58)48(23-30)62-22-21-55)63-52(60)53(18-4-5-19-53)20-6-8-38-35-7-2-3-9-44(35)54-51(38)50(43(40)28-46(47)59)37-15-12-31-24-41(37)49(42)36-16-13-32(56)26-39(31)36/h2-3,7,9,11-12,15,17,23,28-29,31-32,34,36,39,41-42,49,54-56,58-59H,4-5,8,10,13-14,16,18-19,21-22,24-27H2,1H3. The molecule has 5 aliphatic carbocycles. The van der Waals surface area contributed by atoms with Gasteiger partial charge in [0.1, 0.15) is 23.9 Å². The van der Waals surface area contributed by atoms with E-state index in [1.165, 1.54) is 5.57 Å². The van der Waals surface area contributed by atoms with Crippen LogP contribution in [0.15, 0.2) is 72.3 Å². The van der Waals surface area contributed by atoms with Crippen molar-refractivity contribution in [3.63, 3.8) is 0 Å². The Kier molecular flexibility index (Phi) is 11.1. The van der Waals surface area contributed by atoms with E-state index >= 15 is 4.79 Å². The summed E-state index contributed by atoms with van der Waals surface area (Å²) in [4.78, 5) is 33.5. The summed E-state index contributed by atoms with van der Waals surface area (Å²) in [6.07, 6.45) is 11.1. The van der Waals surface area contributed by atoms with Crippen LogP contribution in [0.5, 0.6) is 23.0 Å². The van der Waals surface area contributed by atoms with Crippen LogP contribution < -0.4 is 9.47 Å². The first-order valence-corrected chi connectivity index (χ1v) is 23.0. The Morgan fingerprint density at radius 3 is 2.60 bits per heavy atom. The highest BCUT2D eigenvalue weighted by Gasteiger charge is 2.53. The lowest BCUT2D eigenvalue weighted by atomic mass is 9.51. The van der Waals surface area contributed by atoms with Gasteiger partial charge in [0, 0.05) is 35.7 Å². The first-order chi connectivity index (χ1) is 30.6. The van der Waals surface area contributed by atoms with Crippen LogP contribution in [0.25, 0.3) is 16.5 Å². The average Bonchev–Trinajstić information content (AvgIpc) is 3.89. The van der Waals surface area contributed by atoms with Gasteiger partial charge in [-0.1, -0.05) is 61.1 Å². The number of cyclic esters (lactones) is 1. The fraction of sp³-hybridized carbons (Fsp3) is 0.472. The molecule has 0 radical (unpaired) electrons. The molecule has 10 nitrogen and oxygen atoms in total. The van der Waals surface area contributed by atoms with Crippen LogP contribution in [-0.4, -0.2) is 69.7 Å². The number of nitrogens with one attached hydrogen (secondary N) is 1. The molecule has 1 aromatic heterocycles. The van der Waals surface area contributed by atoms with Crippen molar-refractivity contribution in [1.29, 1.82) is 0 Å². The topological polar surface area (TPSA) is 159 Å². The fourth-order valence-electron chi connectivity index (χ4n) is 12.6. The number of aromatic hydroxyl groups is 2. The Labute approximate surface area is 368 Å². The predicted octanol–water partition coefficient (Wildman–Crippen LogP) is 8.47. The van der Waals surface area contributed by atoms with Gasteiger partial charge in [0.25, 0.3) is 0 Å². The first kappa shape index (κ1) is 41.5. The molecule has 3 aromatic carbocycles. The summed E-state index contributed by atoms with van der Waals surface area (Å²) in [6, 6.07) is 17.1. The van der Waals surface area contributed by atoms with Crippen LogP contribution in [0.3, 0.4) is 0 Å². The van der Waals surface area contributed by atoms with Gasteiger partial charge in [-0.2, -0.15) is 0 Å². The quantitative estimate of drug-likeness (QED) is 0.0909. The van der Waals surface area contributed by atoms with Gasteiger partial charge in [0.2, 0.25) is 0 Å². The zero-order valence-electron chi connectivity index (χ0n) is 35.9. The lowest BCUT2D eigenvalue weighted by molar-refractivity contribution is -0.159. The number of allylic oxidation sites excluding steroid dienone is 3. The fourth-order valence-corrected chi connectivity index (χ4v) is 12.6. The maximum absolute atomic E-state index is 15.1. The molecule has 328 valence electrons. The summed E-state index contributed by atoms with van der Waals surface area (Å²) in [7, 11) is 1.56. The lowest BCUT2D eigenvalue weighted by Crippen LogP contribution is -2.47. The maximum Gasteiger partial charge on any atom is 0.324 e. The predicted molar refractivity (Wildman–Crippen MR) is 238 cm³/mol. The third-order valence-corrected chi connectivity index (χ3v) is 15.5. The highest BCUT2D eigenvalue weighted by atomic mass is 16.5. The Morgan fingerprint density at radius 1 is 0.937 bits per heavy atom. The second kappa shape index (κ2) is 16.9. The number of ketones is 1. The monoisotopic (exact) mass is 851 g/mol. The van der Waals surface area contributed by atoms with Gasteiger partial charge in [-0.15, -0.1) is 0 Å². The van der Waals surface area contributed by atoms with E-state index in [9.17, 15) is 25.2 Å². The van der Waals surface area contributed by atoms with Gasteiger partial charge in [-0.25, -0.2) is 0 Å². The van der Waals surface area contributed by atoms with Gasteiger partial charge < -0.3 is 39.6 Å². The van der Waals surface area contributed by atoms with Crippen LogP contribution in [0.4, 0.5) is 0 Å².